The van der Waals surface area contributed by atoms with Crippen molar-refractivity contribution in [2.75, 3.05) is 26.2 Å². The summed E-state index contributed by atoms with van der Waals surface area (Å²) >= 11 is 0. The molecule has 1 aromatic rings. The van der Waals surface area contributed by atoms with Crippen LogP contribution in [0.1, 0.15) is 41.6 Å². The molecule has 0 radical (unpaired) electrons. The highest BCUT2D eigenvalue weighted by atomic mass is 16.2. The molecule has 1 aromatic carbocycles. The van der Waals surface area contributed by atoms with Crippen LogP contribution < -0.4 is 0 Å². The molecule has 2 amide bonds. The summed E-state index contributed by atoms with van der Waals surface area (Å²) < 4.78 is 0. The number of piperazine rings is 1. The maximum atomic E-state index is 12.5. The van der Waals surface area contributed by atoms with E-state index < -0.39 is 0 Å². The fourth-order valence-corrected chi connectivity index (χ4v) is 3.52. The molecule has 2 fully saturated rings. The Labute approximate surface area is 132 Å². The third kappa shape index (κ3) is 3.16. The first-order valence-corrected chi connectivity index (χ1v) is 8.30. The van der Waals surface area contributed by atoms with Gasteiger partial charge in [-0.3, -0.25) is 9.59 Å². The molecular formula is C18H24N2O2. The van der Waals surface area contributed by atoms with Crippen molar-refractivity contribution in [3.63, 3.8) is 0 Å². The zero-order chi connectivity index (χ0) is 15.5. The van der Waals surface area contributed by atoms with Gasteiger partial charge < -0.3 is 9.80 Å². The average Bonchev–Trinajstić information content (AvgIpc) is 3.08. The molecule has 0 bridgehead atoms. The molecule has 0 aromatic heterocycles. The highest BCUT2D eigenvalue weighted by Gasteiger charge is 2.30. The van der Waals surface area contributed by atoms with E-state index in [1.54, 1.807) is 0 Å². The van der Waals surface area contributed by atoms with Crippen molar-refractivity contribution in [3.8, 4) is 0 Å². The van der Waals surface area contributed by atoms with Gasteiger partial charge in [0.1, 0.15) is 0 Å². The molecule has 0 unspecified atom stereocenters. The number of benzene rings is 1. The van der Waals surface area contributed by atoms with Crippen LogP contribution in [0, 0.1) is 12.8 Å². The summed E-state index contributed by atoms with van der Waals surface area (Å²) in [5.74, 6) is 0.621. The van der Waals surface area contributed by atoms with E-state index in [1.807, 2.05) is 41.0 Å². The minimum Gasteiger partial charge on any atom is -0.339 e. The molecule has 0 spiro atoms. The maximum absolute atomic E-state index is 12.5. The van der Waals surface area contributed by atoms with Gasteiger partial charge in [0.25, 0.3) is 5.91 Å². The number of carbonyl (C=O) groups is 2. The van der Waals surface area contributed by atoms with Crippen LogP contribution in [-0.2, 0) is 4.79 Å². The fourth-order valence-electron chi connectivity index (χ4n) is 3.52. The molecule has 3 rings (SSSR count). The zero-order valence-electron chi connectivity index (χ0n) is 13.3. The van der Waals surface area contributed by atoms with Crippen LogP contribution in [0.5, 0.6) is 0 Å². The number of hydrogen-bond acceptors (Lipinski definition) is 2. The highest BCUT2D eigenvalue weighted by molar-refractivity contribution is 5.94. The quantitative estimate of drug-likeness (QED) is 0.842. The average molecular weight is 300 g/mol. The van der Waals surface area contributed by atoms with Gasteiger partial charge in [-0.2, -0.15) is 0 Å². The molecule has 1 aliphatic heterocycles. The lowest BCUT2D eigenvalue weighted by Gasteiger charge is -2.36. The van der Waals surface area contributed by atoms with E-state index in [-0.39, 0.29) is 11.8 Å². The van der Waals surface area contributed by atoms with Crippen LogP contribution >= 0.6 is 0 Å². The van der Waals surface area contributed by atoms with Gasteiger partial charge in [0.2, 0.25) is 5.91 Å². The Morgan fingerprint density at radius 3 is 2.27 bits per heavy atom. The summed E-state index contributed by atoms with van der Waals surface area (Å²) in [4.78, 5) is 28.7. The molecule has 0 atom stereocenters. The zero-order valence-corrected chi connectivity index (χ0v) is 13.3. The predicted molar refractivity (Wildman–Crippen MR) is 85.6 cm³/mol. The van der Waals surface area contributed by atoms with E-state index in [0.717, 1.165) is 24.0 Å². The van der Waals surface area contributed by atoms with Crippen molar-refractivity contribution in [1.82, 2.24) is 9.80 Å². The third-order valence-corrected chi connectivity index (χ3v) is 4.85. The Morgan fingerprint density at radius 2 is 1.64 bits per heavy atom. The molecule has 4 nitrogen and oxygen atoms in total. The van der Waals surface area contributed by atoms with E-state index in [2.05, 4.69) is 0 Å². The first kappa shape index (κ1) is 15.1. The van der Waals surface area contributed by atoms with Crippen LogP contribution in [-0.4, -0.2) is 47.8 Å². The minimum atomic E-state index is 0.0802. The molecule has 22 heavy (non-hydrogen) atoms. The Morgan fingerprint density at radius 1 is 1.00 bits per heavy atom. The predicted octanol–water partition coefficient (Wildman–Crippen LogP) is 2.47. The van der Waals surface area contributed by atoms with Crippen molar-refractivity contribution in [3.05, 3.63) is 35.4 Å². The Balaban J connectivity index is 1.57. The monoisotopic (exact) mass is 300 g/mol. The van der Waals surface area contributed by atoms with Crippen LogP contribution in [0.15, 0.2) is 24.3 Å². The molecule has 1 heterocycles. The molecule has 4 heteroatoms. The highest BCUT2D eigenvalue weighted by Crippen LogP contribution is 2.27. The summed E-state index contributed by atoms with van der Waals surface area (Å²) in [6, 6.07) is 7.71. The van der Waals surface area contributed by atoms with Gasteiger partial charge in [0.05, 0.1) is 0 Å². The number of hydrogen-bond donors (Lipinski definition) is 0. The Bertz CT molecular complexity index is 556. The molecule has 0 N–H and O–H groups in total. The smallest absolute Gasteiger partial charge is 0.253 e. The van der Waals surface area contributed by atoms with Gasteiger partial charge in [-0.1, -0.05) is 30.5 Å². The van der Waals surface area contributed by atoms with Crippen LogP contribution in [0.3, 0.4) is 0 Å². The van der Waals surface area contributed by atoms with E-state index in [9.17, 15) is 9.59 Å². The second-order valence-corrected chi connectivity index (χ2v) is 6.47. The largest absolute Gasteiger partial charge is 0.339 e. The van der Waals surface area contributed by atoms with E-state index in [0.29, 0.717) is 32.1 Å². The standard InChI is InChI=1S/C18H24N2O2/c1-14-5-4-8-16(13-14)18(22)20-11-9-19(10-12-20)17(21)15-6-2-3-7-15/h4-5,8,13,15H,2-3,6-7,9-12H2,1H3. The van der Waals surface area contributed by atoms with E-state index in [4.69, 9.17) is 0 Å². The number of carbonyl (C=O) groups excluding carboxylic acids is 2. The normalized spacial score (nSPS) is 19.5. The van der Waals surface area contributed by atoms with Crippen molar-refractivity contribution in [2.24, 2.45) is 5.92 Å². The number of nitrogens with zero attached hydrogens (tertiary/aromatic N) is 2. The van der Waals surface area contributed by atoms with E-state index in [1.165, 1.54) is 12.8 Å². The Kier molecular flexibility index (Phi) is 4.46. The number of aryl methyl sites for hydroxylation is 1. The van der Waals surface area contributed by atoms with Crippen molar-refractivity contribution in [2.45, 2.75) is 32.6 Å². The lowest BCUT2D eigenvalue weighted by Crippen LogP contribution is -2.51. The van der Waals surface area contributed by atoms with Crippen LogP contribution in [0.2, 0.25) is 0 Å². The van der Waals surface area contributed by atoms with E-state index >= 15 is 0 Å². The maximum Gasteiger partial charge on any atom is 0.253 e. The van der Waals surface area contributed by atoms with Crippen molar-refractivity contribution < 1.29 is 9.59 Å². The summed E-state index contributed by atoms with van der Waals surface area (Å²) in [6.07, 6.45) is 4.45. The second-order valence-electron chi connectivity index (χ2n) is 6.47. The Hall–Kier alpha value is -1.84. The van der Waals surface area contributed by atoms with Gasteiger partial charge in [-0.15, -0.1) is 0 Å². The van der Waals surface area contributed by atoms with Crippen molar-refractivity contribution >= 4 is 11.8 Å². The van der Waals surface area contributed by atoms with Gasteiger partial charge in [-0.25, -0.2) is 0 Å². The molecule has 118 valence electrons. The lowest BCUT2D eigenvalue weighted by molar-refractivity contribution is -0.136. The second kappa shape index (κ2) is 6.51. The van der Waals surface area contributed by atoms with Gasteiger partial charge >= 0.3 is 0 Å². The summed E-state index contributed by atoms with van der Waals surface area (Å²) in [6.45, 7) is 4.63. The van der Waals surface area contributed by atoms with Crippen LogP contribution in [0.4, 0.5) is 0 Å². The molecule has 1 aliphatic carbocycles. The first-order chi connectivity index (χ1) is 10.6. The molecular weight excluding hydrogens is 276 g/mol. The fraction of sp³-hybridized carbons (Fsp3) is 0.556. The minimum absolute atomic E-state index is 0.0802. The molecule has 1 saturated carbocycles. The van der Waals surface area contributed by atoms with Crippen molar-refractivity contribution in [1.29, 1.82) is 0 Å². The first-order valence-electron chi connectivity index (χ1n) is 8.30. The topological polar surface area (TPSA) is 40.6 Å². The summed E-state index contributed by atoms with van der Waals surface area (Å²) in [7, 11) is 0. The van der Waals surface area contributed by atoms with Gasteiger partial charge in [0, 0.05) is 37.7 Å². The van der Waals surface area contributed by atoms with Crippen LogP contribution in [0.25, 0.3) is 0 Å². The summed E-state index contributed by atoms with van der Waals surface area (Å²) in [5, 5.41) is 0. The third-order valence-electron chi connectivity index (χ3n) is 4.85. The summed E-state index contributed by atoms with van der Waals surface area (Å²) in [5.41, 5.74) is 1.84. The van der Waals surface area contributed by atoms with Gasteiger partial charge in [0.15, 0.2) is 0 Å². The number of rotatable bonds is 2. The molecule has 1 saturated heterocycles. The lowest BCUT2D eigenvalue weighted by atomic mass is 10.1. The SMILES string of the molecule is Cc1cccc(C(=O)N2CCN(C(=O)C3CCCC3)CC2)c1. The molecule has 2 aliphatic rings. The van der Waals surface area contributed by atoms with Gasteiger partial charge in [-0.05, 0) is 31.9 Å². The number of amides is 2.